The molecule has 1 aromatic heterocycles. The van der Waals surface area contributed by atoms with Crippen molar-refractivity contribution < 1.29 is 9.53 Å². The maximum atomic E-state index is 11.9. The molecule has 0 aliphatic carbocycles. The second kappa shape index (κ2) is 5.23. The van der Waals surface area contributed by atoms with E-state index in [9.17, 15) is 4.79 Å². The predicted molar refractivity (Wildman–Crippen MR) is 62.8 cm³/mol. The fourth-order valence-electron chi connectivity index (χ4n) is 1.91. The van der Waals surface area contributed by atoms with Crippen LogP contribution in [0.25, 0.3) is 0 Å². The van der Waals surface area contributed by atoms with Gasteiger partial charge in [0.2, 0.25) is 0 Å². The topological polar surface area (TPSA) is 64.1 Å². The molecule has 5 nitrogen and oxygen atoms in total. The summed E-state index contributed by atoms with van der Waals surface area (Å²) >= 11 is 0. The number of hydrogen-bond acceptors (Lipinski definition) is 4. The lowest BCUT2D eigenvalue weighted by molar-refractivity contribution is 0.0856. The Hall–Kier alpha value is -1.49. The first-order chi connectivity index (χ1) is 8.16. The molecule has 1 aliphatic rings. The van der Waals surface area contributed by atoms with Crippen LogP contribution in [0.2, 0.25) is 0 Å². The van der Waals surface area contributed by atoms with Crippen molar-refractivity contribution in [3.8, 4) is 0 Å². The highest BCUT2D eigenvalue weighted by Gasteiger charge is 2.17. The molecule has 1 saturated heterocycles. The molecular formula is C12H17N3O2. The summed E-state index contributed by atoms with van der Waals surface area (Å²) in [6.07, 6.45) is 3.82. The third-order valence-electron chi connectivity index (χ3n) is 2.86. The minimum Gasteiger partial charge on any atom is -0.376 e. The van der Waals surface area contributed by atoms with E-state index in [2.05, 4.69) is 15.3 Å². The van der Waals surface area contributed by atoms with Gasteiger partial charge in [-0.3, -0.25) is 4.79 Å². The van der Waals surface area contributed by atoms with E-state index in [1.165, 1.54) is 0 Å². The maximum Gasteiger partial charge on any atom is 0.254 e. The van der Waals surface area contributed by atoms with Gasteiger partial charge in [-0.25, -0.2) is 9.97 Å². The minimum absolute atomic E-state index is 0.127. The first kappa shape index (κ1) is 12.0. The second-order valence-corrected chi connectivity index (χ2v) is 4.26. The first-order valence-corrected chi connectivity index (χ1v) is 5.87. The highest BCUT2D eigenvalue weighted by Crippen LogP contribution is 2.11. The van der Waals surface area contributed by atoms with Crippen molar-refractivity contribution in [2.75, 3.05) is 13.2 Å². The van der Waals surface area contributed by atoms with Crippen LogP contribution in [0.4, 0.5) is 0 Å². The molecular weight excluding hydrogens is 218 g/mol. The van der Waals surface area contributed by atoms with E-state index in [1.54, 1.807) is 13.1 Å². The number of amides is 1. The van der Waals surface area contributed by atoms with E-state index in [-0.39, 0.29) is 12.0 Å². The van der Waals surface area contributed by atoms with Crippen LogP contribution in [-0.4, -0.2) is 35.1 Å². The molecule has 2 rings (SSSR count). The van der Waals surface area contributed by atoms with Gasteiger partial charge in [-0.05, 0) is 26.7 Å². The zero-order valence-electron chi connectivity index (χ0n) is 10.2. The molecule has 0 unspecified atom stereocenters. The number of hydrogen-bond donors (Lipinski definition) is 1. The van der Waals surface area contributed by atoms with Gasteiger partial charge in [-0.15, -0.1) is 0 Å². The molecule has 5 heteroatoms. The number of carbonyl (C=O) groups excluding carboxylic acids is 1. The Bertz CT molecular complexity index is 414. The van der Waals surface area contributed by atoms with Crippen molar-refractivity contribution in [3.05, 3.63) is 23.3 Å². The van der Waals surface area contributed by atoms with Crippen molar-refractivity contribution in [2.45, 2.75) is 32.8 Å². The maximum absolute atomic E-state index is 11.9. The largest absolute Gasteiger partial charge is 0.376 e. The normalized spacial score (nSPS) is 19.3. The Balaban J connectivity index is 1.94. The Labute approximate surface area is 101 Å². The van der Waals surface area contributed by atoms with Crippen molar-refractivity contribution >= 4 is 5.91 Å². The third kappa shape index (κ3) is 3.00. The van der Waals surface area contributed by atoms with Crippen LogP contribution >= 0.6 is 0 Å². The summed E-state index contributed by atoms with van der Waals surface area (Å²) in [6, 6.07) is 0. The first-order valence-electron chi connectivity index (χ1n) is 5.87. The molecule has 92 valence electrons. The zero-order chi connectivity index (χ0) is 12.3. The lowest BCUT2D eigenvalue weighted by Crippen LogP contribution is -2.32. The van der Waals surface area contributed by atoms with Gasteiger partial charge >= 0.3 is 0 Å². The quantitative estimate of drug-likeness (QED) is 0.849. The number of ether oxygens (including phenoxy) is 1. The molecule has 0 saturated carbocycles. The SMILES string of the molecule is Cc1ncc(C(=O)NC[C@H]2CCCO2)c(C)n1. The number of rotatable bonds is 3. The van der Waals surface area contributed by atoms with E-state index in [0.717, 1.165) is 19.4 Å². The molecule has 2 heterocycles. The molecule has 1 aliphatic heterocycles. The molecule has 1 amide bonds. The second-order valence-electron chi connectivity index (χ2n) is 4.26. The van der Waals surface area contributed by atoms with Gasteiger partial charge in [0.05, 0.1) is 17.4 Å². The Kier molecular flexibility index (Phi) is 3.68. The summed E-state index contributed by atoms with van der Waals surface area (Å²) in [5.74, 6) is 0.552. The van der Waals surface area contributed by atoms with Crippen molar-refractivity contribution in [3.63, 3.8) is 0 Å². The lowest BCUT2D eigenvalue weighted by atomic mass is 10.2. The van der Waals surface area contributed by atoms with Gasteiger partial charge < -0.3 is 10.1 Å². The molecule has 1 fully saturated rings. The Morgan fingerprint density at radius 1 is 1.59 bits per heavy atom. The van der Waals surface area contributed by atoms with Crippen LogP contribution in [0.15, 0.2) is 6.20 Å². The molecule has 1 N–H and O–H groups in total. The molecule has 0 radical (unpaired) electrons. The van der Waals surface area contributed by atoms with Crippen LogP contribution in [0.1, 0.15) is 34.7 Å². The van der Waals surface area contributed by atoms with Gasteiger partial charge in [0, 0.05) is 19.3 Å². The standard InChI is InChI=1S/C12H17N3O2/c1-8-11(7-13-9(2)15-8)12(16)14-6-10-4-3-5-17-10/h7,10H,3-6H2,1-2H3,(H,14,16)/t10-/m1/s1. The Morgan fingerprint density at radius 3 is 3.06 bits per heavy atom. The van der Waals surface area contributed by atoms with E-state index in [1.807, 2.05) is 6.92 Å². The minimum atomic E-state index is -0.127. The molecule has 0 spiro atoms. The molecule has 17 heavy (non-hydrogen) atoms. The number of aryl methyl sites for hydroxylation is 2. The third-order valence-corrected chi connectivity index (χ3v) is 2.86. The molecule has 1 atom stereocenters. The van der Waals surface area contributed by atoms with Gasteiger partial charge in [0.25, 0.3) is 5.91 Å². The van der Waals surface area contributed by atoms with Crippen LogP contribution < -0.4 is 5.32 Å². The van der Waals surface area contributed by atoms with E-state index < -0.39 is 0 Å². The number of nitrogens with zero attached hydrogens (tertiary/aromatic N) is 2. The number of carbonyl (C=O) groups is 1. The predicted octanol–water partition coefficient (Wildman–Crippen LogP) is 1.00. The van der Waals surface area contributed by atoms with Crippen molar-refractivity contribution in [1.82, 2.24) is 15.3 Å². The van der Waals surface area contributed by atoms with Crippen LogP contribution in [0.5, 0.6) is 0 Å². The van der Waals surface area contributed by atoms with E-state index in [4.69, 9.17) is 4.74 Å². The summed E-state index contributed by atoms with van der Waals surface area (Å²) in [5, 5.41) is 2.86. The average molecular weight is 235 g/mol. The average Bonchev–Trinajstić information content (AvgIpc) is 2.78. The van der Waals surface area contributed by atoms with Crippen LogP contribution in [0, 0.1) is 13.8 Å². The monoisotopic (exact) mass is 235 g/mol. The van der Waals surface area contributed by atoms with Crippen molar-refractivity contribution in [1.29, 1.82) is 0 Å². The van der Waals surface area contributed by atoms with Gasteiger partial charge in [-0.1, -0.05) is 0 Å². The van der Waals surface area contributed by atoms with Gasteiger partial charge in [0.15, 0.2) is 0 Å². The number of aromatic nitrogens is 2. The summed E-state index contributed by atoms with van der Waals surface area (Å²) in [7, 11) is 0. The Morgan fingerprint density at radius 2 is 2.41 bits per heavy atom. The summed E-state index contributed by atoms with van der Waals surface area (Å²) in [5.41, 5.74) is 1.25. The smallest absolute Gasteiger partial charge is 0.254 e. The van der Waals surface area contributed by atoms with E-state index >= 15 is 0 Å². The van der Waals surface area contributed by atoms with Gasteiger partial charge in [-0.2, -0.15) is 0 Å². The fraction of sp³-hybridized carbons (Fsp3) is 0.583. The highest BCUT2D eigenvalue weighted by molar-refractivity contribution is 5.94. The molecule has 0 aromatic carbocycles. The number of nitrogens with one attached hydrogen (secondary N) is 1. The summed E-state index contributed by atoms with van der Waals surface area (Å²) in [4.78, 5) is 20.1. The van der Waals surface area contributed by atoms with Crippen LogP contribution in [0.3, 0.4) is 0 Å². The molecule has 0 bridgehead atoms. The summed E-state index contributed by atoms with van der Waals surface area (Å²) in [6.45, 7) is 4.98. The highest BCUT2D eigenvalue weighted by atomic mass is 16.5. The molecule has 1 aromatic rings. The zero-order valence-corrected chi connectivity index (χ0v) is 10.2. The van der Waals surface area contributed by atoms with Gasteiger partial charge in [0.1, 0.15) is 5.82 Å². The van der Waals surface area contributed by atoms with Crippen LogP contribution in [-0.2, 0) is 4.74 Å². The van der Waals surface area contributed by atoms with E-state index in [0.29, 0.717) is 23.6 Å². The fourth-order valence-corrected chi connectivity index (χ4v) is 1.91. The lowest BCUT2D eigenvalue weighted by Gasteiger charge is -2.11. The van der Waals surface area contributed by atoms with Crippen molar-refractivity contribution in [2.24, 2.45) is 0 Å². The summed E-state index contributed by atoms with van der Waals surface area (Å²) < 4.78 is 5.44.